The third kappa shape index (κ3) is 5.16. The number of rotatable bonds is 9. The SMILES string of the molecule is COCC(O)CCNS(=O)(=O)c1cc(OC)ccc1OC. The molecule has 1 atom stereocenters. The highest BCUT2D eigenvalue weighted by Crippen LogP contribution is 2.27. The zero-order valence-electron chi connectivity index (χ0n) is 12.3. The van der Waals surface area contributed by atoms with Gasteiger partial charge in [-0.2, -0.15) is 0 Å². The third-order valence-electron chi connectivity index (χ3n) is 2.79. The molecule has 1 aromatic carbocycles. The number of benzene rings is 1. The average Bonchev–Trinajstić information content (AvgIpc) is 2.46. The summed E-state index contributed by atoms with van der Waals surface area (Å²) in [6, 6.07) is 4.51. The van der Waals surface area contributed by atoms with E-state index in [1.165, 1.54) is 33.5 Å². The van der Waals surface area contributed by atoms with E-state index in [0.717, 1.165) is 0 Å². The van der Waals surface area contributed by atoms with Crippen molar-refractivity contribution in [2.45, 2.75) is 17.4 Å². The maximum absolute atomic E-state index is 12.3. The normalized spacial score (nSPS) is 13.0. The fraction of sp³-hybridized carbons (Fsp3) is 0.538. The van der Waals surface area contributed by atoms with E-state index < -0.39 is 16.1 Å². The van der Waals surface area contributed by atoms with Gasteiger partial charge in [0.1, 0.15) is 16.4 Å². The summed E-state index contributed by atoms with van der Waals surface area (Å²) in [5.41, 5.74) is 0. The summed E-state index contributed by atoms with van der Waals surface area (Å²) in [5, 5.41) is 9.50. The first-order valence-electron chi connectivity index (χ1n) is 6.33. The lowest BCUT2D eigenvalue weighted by atomic mass is 10.3. The van der Waals surface area contributed by atoms with Crippen LogP contribution in [0.4, 0.5) is 0 Å². The van der Waals surface area contributed by atoms with Crippen LogP contribution in [0.25, 0.3) is 0 Å². The second kappa shape index (κ2) is 8.18. The Morgan fingerprint density at radius 1 is 1.24 bits per heavy atom. The minimum Gasteiger partial charge on any atom is -0.497 e. The van der Waals surface area contributed by atoms with Crippen molar-refractivity contribution in [1.82, 2.24) is 4.72 Å². The molecule has 0 amide bonds. The molecule has 7 nitrogen and oxygen atoms in total. The molecule has 0 radical (unpaired) electrons. The van der Waals surface area contributed by atoms with Crippen LogP contribution < -0.4 is 14.2 Å². The highest BCUT2D eigenvalue weighted by Gasteiger charge is 2.20. The van der Waals surface area contributed by atoms with Gasteiger partial charge in [0, 0.05) is 19.7 Å². The fourth-order valence-corrected chi connectivity index (χ4v) is 2.94. The minimum atomic E-state index is -3.75. The monoisotopic (exact) mass is 319 g/mol. The second-order valence-electron chi connectivity index (χ2n) is 4.31. The summed E-state index contributed by atoms with van der Waals surface area (Å²) in [4.78, 5) is -0.00872. The Bertz CT molecular complexity index is 546. The molecular formula is C13H21NO6S. The maximum atomic E-state index is 12.3. The average molecular weight is 319 g/mol. The van der Waals surface area contributed by atoms with Crippen LogP contribution in [-0.4, -0.2) is 54.1 Å². The van der Waals surface area contributed by atoms with E-state index in [0.29, 0.717) is 5.75 Å². The standard InChI is InChI=1S/C13H21NO6S/c1-18-9-10(15)6-7-14-21(16,17)13-8-11(19-2)4-5-12(13)20-3/h4-5,8,10,14-15H,6-7,9H2,1-3H3. The van der Waals surface area contributed by atoms with Crippen LogP contribution in [0.3, 0.4) is 0 Å². The molecule has 0 aliphatic rings. The number of methoxy groups -OCH3 is 3. The van der Waals surface area contributed by atoms with E-state index in [1.807, 2.05) is 0 Å². The minimum absolute atomic E-state index is 0.00872. The molecule has 0 spiro atoms. The fourth-order valence-electron chi connectivity index (χ4n) is 1.71. The van der Waals surface area contributed by atoms with Gasteiger partial charge in [0.25, 0.3) is 0 Å². The first-order chi connectivity index (χ1) is 9.94. The molecule has 1 rings (SSSR count). The molecule has 120 valence electrons. The number of nitrogens with one attached hydrogen (secondary N) is 1. The third-order valence-corrected chi connectivity index (χ3v) is 4.27. The van der Waals surface area contributed by atoms with Crippen LogP contribution >= 0.6 is 0 Å². The quantitative estimate of drug-likeness (QED) is 0.683. The molecule has 21 heavy (non-hydrogen) atoms. The predicted octanol–water partition coefficient (Wildman–Crippen LogP) is 0.379. The smallest absolute Gasteiger partial charge is 0.244 e. The number of hydrogen-bond donors (Lipinski definition) is 2. The van der Waals surface area contributed by atoms with Crippen molar-refractivity contribution in [2.24, 2.45) is 0 Å². The van der Waals surface area contributed by atoms with Crippen LogP contribution in [-0.2, 0) is 14.8 Å². The summed E-state index contributed by atoms with van der Waals surface area (Å²) < 4.78 is 41.8. The summed E-state index contributed by atoms with van der Waals surface area (Å²) in [5.74, 6) is 0.635. The Hall–Kier alpha value is -1.35. The van der Waals surface area contributed by atoms with Crippen LogP contribution in [0.15, 0.2) is 23.1 Å². The van der Waals surface area contributed by atoms with Gasteiger partial charge < -0.3 is 19.3 Å². The summed E-state index contributed by atoms with van der Waals surface area (Å²) in [7, 11) is 0.557. The van der Waals surface area contributed by atoms with Crippen LogP contribution in [0.5, 0.6) is 11.5 Å². The number of ether oxygens (including phenoxy) is 3. The van der Waals surface area contributed by atoms with Gasteiger partial charge in [0.2, 0.25) is 10.0 Å². The molecule has 0 aromatic heterocycles. The van der Waals surface area contributed by atoms with E-state index in [2.05, 4.69) is 4.72 Å². The highest BCUT2D eigenvalue weighted by molar-refractivity contribution is 7.89. The Morgan fingerprint density at radius 3 is 2.52 bits per heavy atom. The number of sulfonamides is 1. The Balaban J connectivity index is 2.82. The summed E-state index contributed by atoms with van der Waals surface area (Å²) in [6.07, 6.45) is -0.468. The van der Waals surface area contributed by atoms with Gasteiger partial charge in [-0.1, -0.05) is 0 Å². The molecule has 0 aliphatic carbocycles. The van der Waals surface area contributed by atoms with Gasteiger partial charge in [-0.25, -0.2) is 13.1 Å². The Morgan fingerprint density at radius 2 is 1.95 bits per heavy atom. The van der Waals surface area contributed by atoms with Crippen molar-refractivity contribution in [3.63, 3.8) is 0 Å². The molecule has 0 saturated heterocycles. The first kappa shape index (κ1) is 17.7. The first-order valence-corrected chi connectivity index (χ1v) is 7.81. The summed E-state index contributed by atoms with van der Waals surface area (Å²) in [6.45, 7) is 0.247. The van der Waals surface area contributed by atoms with Gasteiger partial charge in [-0.15, -0.1) is 0 Å². The van der Waals surface area contributed by atoms with Gasteiger partial charge in [0.05, 0.1) is 26.9 Å². The lowest BCUT2D eigenvalue weighted by molar-refractivity contribution is 0.0603. The molecule has 8 heteroatoms. The van der Waals surface area contributed by atoms with Crippen LogP contribution in [0.1, 0.15) is 6.42 Å². The molecule has 0 fully saturated rings. The van der Waals surface area contributed by atoms with Crippen molar-refractivity contribution >= 4 is 10.0 Å². The van der Waals surface area contributed by atoms with E-state index in [1.54, 1.807) is 6.07 Å². The number of hydrogen-bond acceptors (Lipinski definition) is 6. The van der Waals surface area contributed by atoms with E-state index in [9.17, 15) is 13.5 Å². The maximum Gasteiger partial charge on any atom is 0.244 e. The van der Waals surface area contributed by atoms with Crippen molar-refractivity contribution in [2.75, 3.05) is 34.5 Å². The van der Waals surface area contributed by atoms with Crippen molar-refractivity contribution < 1.29 is 27.7 Å². The van der Waals surface area contributed by atoms with Gasteiger partial charge in [-0.05, 0) is 18.6 Å². The Kier molecular flexibility index (Phi) is 6.90. The van der Waals surface area contributed by atoms with Crippen LogP contribution in [0.2, 0.25) is 0 Å². The summed E-state index contributed by atoms with van der Waals surface area (Å²) >= 11 is 0. The molecule has 0 aliphatic heterocycles. The number of aliphatic hydroxyl groups is 1. The van der Waals surface area contributed by atoms with Crippen LogP contribution in [0, 0.1) is 0 Å². The lowest BCUT2D eigenvalue weighted by Crippen LogP contribution is -2.29. The zero-order chi connectivity index (χ0) is 15.9. The molecule has 0 bridgehead atoms. The van der Waals surface area contributed by atoms with Gasteiger partial charge in [0.15, 0.2) is 0 Å². The van der Waals surface area contributed by atoms with Crippen molar-refractivity contribution in [3.05, 3.63) is 18.2 Å². The Labute approximate surface area is 124 Å². The van der Waals surface area contributed by atoms with E-state index in [-0.39, 0.29) is 30.2 Å². The molecule has 1 aromatic rings. The van der Waals surface area contributed by atoms with E-state index >= 15 is 0 Å². The van der Waals surface area contributed by atoms with Crippen molar-refractivity contribution in [3.8, 4) is 11.5 Å². The van der Waals surface area contributed by atoms with Crippen molar-refractivity contribution in [1.29, 1.82) is 0 Å². The van der Waals surface area contributed by atoms with Gasteiger partial charge >= 0.3 is 0 Å². The largest absolute Gasteiger partial charge is 0.497 e. The molecule has 2 N–H and O–H groups in total. The molecule has 0 saturated carbocycles. The number of aliphatic hydroxyl groups excluding tert-OH is 1. The lowest BCUT2D eigenvalue weighted by Gasteiger charge is -2.13. The van der Waals surface area contributed by atoms with E-state index in [4.69, 9.17) is 14.2 Å². The zero-order valence-corrected chi connectivity index (χ0v) is 13.1. The molecule has 0 heterocycles. The molecule has 1 unspecified atom stereocenters. The highest BCUT2D eigenvalue weighted by atomic mass is 32.2. The topological polar surface area (TPSA) is 94.1 Å². The second-order valence-corrected chi connectivity index (χ2v) is 6.05. The molecular weight excluding hydrogens is 298 g/mol. The predicted molar refractivity (Wildman–Crippen MR) is 77.2 cm³/mol. The van der Waals surface area contributed by atoms with Gasteiger partial charge in [-0.3, -0.25) is 0 Å².